The van der Waals surface area contributed by atoms with Crippen LogP contribution in [0.15, 0.2) is 47.2 Å². The van der Waals surface area contributed by atoms with Gasteiger partial charge < -0.3 is 14.8 Å². The summed E-state index contributed by atoms with van der Waals surface area (Å²) < 4.78 is 4.79. The van der Waals surface area contributed by atoms with Gasteiger partial charge in [-0.05, 0) is 18.1 Å². The first-order valence-electron chi connectivity index (χ1n) is 6.33. The number of aromatic nitrogens is 2. The van der Waals surface area contributed by atoms with Crippen molar-refractivity contribution in [2.45, 2.75) is 6.42 Å². The largest absolute Gasteiger partial charge is 0.361 e. The first-order chi connectivity index (χ1) is 9.83. The number of carbonyl (C=O) groups excluding carboxylic acids is 1. The van der Waals surface area contributed by atoms with E-state index in [1.165, 1.54) is 17.1 Å². The monoisotopic (exact) mass is 270 g/mol. The highest BCUT2D eigenvalue weighted by atomic mass is 16.5. The molecule has 0 radical (unpaired) electrons. The highest BCUT2D eigenvalue weighted by Gasteiger charge is 2.05. The van der Waals surface area contributed by atoms with Gasteiger partial charge in [0.05, 0.1) is 6.20 Å². The number of nitrogens with one attached hydrogen (secondary N) is 3. The molecule has 0 saturated carbocycles. The van der Waals surface area contributed by atoms with E-state index in [1.807, 2.05) is 24.4 Å². The SMILES string of the molecule is O=C(NCCc1c[nH]c2ccccc12)Nc1ccno1. The second-order valence-electron chi connectivity index (χ2n) is 4.37. The van der Waals surface area contributed by atoms with Crippen LogP contribution >= 0.6 is 0 Å². The van der Waals surface area contributed by atoms with Crippen molar-refractivity contribution in [1.29, 1.82) is 0 Å². The maximum absolute atomic E-state index is 11.6. The maximum atomic E-state index is 11.6. The standard InChI is InChI=1S/C14H14N4O2/c19-14(18-13-6-8-17-20-13)15-7-5-10-9-16-12-4-2-1-3-11(10)12/h1-4,6,8-9,16H,5,7H2,(H2,15,18,19). The number of carbonyl (C=O) groups is 1. The minimum atomic E-state index is -0.304. The molecular formula is C14H14N4O2. The number of hydrogen-bond donors (Lipinski definition) is 3. The highest BCUT2D eigenvalue weighted by molar-refractivity contribution is 5.87. The van der Waals surface area contributed by atoms with Gasteiger partial charge in [-0.1, -0.05) is 23.4 Å². The van der Waals surface area contributed by atoms with E-state index >= 15 is 0 Å². The van der Waals surface area contributed by atoms with Crippen LogP contribution in [0.4, 0.5) is 10.7 Å². The molecule has 102 valence electrons. The Morgan fingerprint density at radius 1 is 1.30 bits per heavy atom. The molecule has 1 aromatic carbocycles. The molecule has 3 N–H and O–H groups in total. The van der Waals surface area contributed by atoms with Crippen LogP contribution in [0.2, 0.25) is 0 Å². The number of amides is 2. The molecule has 0 spiro atoms. The minimum absolute atomic E-state index is 0.304. The second-order valence-corrected chi connectivity index (χ2v) is 4.37. The zero-order valence-electron chi connectivity index (χ0n) is 10.7. The fraction of sp³-hybridized carbons (Fsp3) is 0.143. The topological polar surface area (TPSA) is 83.0 Å². The lowest BCUT2D eigenvalue weighted by Crippen LogP contribution is -2.30. The Kier molecular flexibility index (Phi) is 3.36. The molecule has 20 heavy (non-hydrogen) atoms. The van der Waals surface area contributed by atoms with E-state index in [2.05, 4.69) is 26.8 Å². The lowest BCUT2D eigenvalue weighted by molar-refractivity contribution is 0.251. The van der Waals surface area contributed by atoms with Crippen molar-refractivity contribution in [2.75, 3.05) is 11.9 Å². The number of anilines is 1. The van der Waals surface area contributed by atoms with Gasteiger partial charge in [-0.15, -0.1) is 0 Å². The fourth-order valence-corrected chi connectivity index (χ4v) is 2.09. The summed E-state index contributed by atoms with van der Waals surface area (Å²) in [6, 6.07) is 9.37. The summed E-state index contributed by atoms with van der Waals surface area (Å²) in [4.78, 5) is 14.8. The summed E-state index contributed by atoms with van der Waals surface area (Å²) in [5, 5.41) is 10.0. The normalized spacial score (nSPS) is 10.6. The number of H-pyrrole nitrogens is 1. The Bertz CT molecular complexity index is 703. The molecule has 0 atom stereocenters. The molecule has 2 aromatic heterocycles. The zero-order chi connectivity index (χ0) is 13.8. The van der Waals surface area contributed by atoms with Crippen LogP contribution in [-0.2, 0) is 6.42 Å². The third-order valence-corrected chi connectivity index (χ3v) is 3.03. The summed E-state index contributed by atoms with van der Waals surface area (Å²) in [5.41, 5.74) is 2.29. The summed E-state index contributed by atoms with van der Waals surface area (Å²) in [7, 11) is 0. The molecule has 3 aromatic rings. The number of nitrogens with zero attached hydrogens (tertiary/aromatic N) is 1. The van der Waals surface area contributed by atoms with Gasteiger partial charge in [-0.2, -0.15) is 0 Å². The van der Waals surface area contributed by atoms with E-state index in [4.69, 9.17) is 4.52 Å². The quantitative estimate of drug-likeness (QED) is 0.681. The van der Waals surface area contributed by atoms with E-state index < -0.39 is 0 Å². The average Bonchev–Trinajstić information content (AvgIpc) is 3.09. The molecule has 0 aliphatic heterocycles. The Hall–Kier alpha value is -2.76. The third-order valence-electron chi connectivity index (χ3n) is 3.03. The van der Waals surface area contributed by atoms with Gasteiger partial charge in [0, 0.05) is 29.7 Å². The lowest BCUT2D eigenvalue weighted by Gasteiger charge is -2.04. The van der Waals surface area contributed by atoms with Crippen molar-refractivity contribution in [3.8, 4) is 0 Å². The van der Waals surface area contributed by atoms with E-state index in [9.17, 15) is 4.79 Å². The summed E-state index contributed by atoms with van der Waals surface area (Å²) in [6.07, 6.45) is 4.20. The fourth-order valence-electron chi connectivity index (χ4n) is 2.09. The molecule has 2 amide bonds. The Balaban J connectivity index is 1.53. The van der Waals surface area contributed by atoms with Crippen LogP contribution in [0.25, 0.3) is 10.9 Å². The van der Waals surface area contributed by atoms with E-state index in [-0.39, 0.29) is 6.03 Å². The van der Waals surface area contributed by atoms with Crippen LogP contribution in [-0.4, -0.2) is 22.7 Å². The summed E-state index contributed by atoms with van der Waals surface area (Å²) in [6.45, 7) is 0.543. The molecule has 6 nitrogen and oxygen atoms in total. The number of rotatable bonds is 4. The van der Waals surface area contributed by atoms with Crippen LogP contribution in [0.1, 0.15) is 5.56 Å². The molecule has 2 heterocycles. The number of para-hydroxylation sites is 1. The van der Waals surface area contributed by atoms with E-state index in [0.29, 0.717) is 12.4 Å². The van der Waals surface area contributed by atoms with Crippen molar-refractivity contribution >= 4 is 22.8 Å². The maximum Gasteiger partial charge on any atom is 0.321 e. The zero-order valence-corrected chi connectivity index (χ0v) is 10.7. The van der Waals surface area contributed by atoms with Crippen molar-refractivity contribution in [2.24, 2.45) is 0 Å². The Morgan fingerprint density at radius 3 is 3.05 bits per heavy atom. The first kappa shape index (κ1) is 12.3. The van der Waals surface area contributed by atoms with Gasteiger partial charge in [0.15, 0.2) is 0 Å². The highest BCUT2D eigenvalue weighted by Crippen LogP contribution is 2.17. The second kappa shape index (κ2) is 5.48. The summed E-state index contributed by atoms with van der Waals surface area (Å²) in [5.74, 6) is 0.328. The Morgan fingerprint density at radius 2 is 2.20 bits per heavy atom. The van der Waals surface area contributed by atoms with Gasteiger partial charge in [0.25, 0.3) is 0 Å². The predicted molar refractivity (Wildman–Crippen MR) is 75.5 cm³/mol. The van der Waals surface area contributed by atoms with Crippen LogP contribution in [0.3, 0.4) is 0 Å². The first-order valence-corrected chi connectivity index (χ1v) is 6.33. The minimum Gasteiger partial charge on any atom is -0.361 e. The van der Waals surface area contributed by atoms with Gasteiger partial charge in [0.2, 0.25) is 5.88 Å². The molecule has 0 bridgehead atoms. The third kappa shape index (κ3) is 2.64. The molecule has 0 aliphatic rings. The average molecular weight is 270 g/mol. The van der Waals surface area contributed by atoms with Crippen molar-refractivity contribution in [3.63, 3.8) is 0 Å². The molecule has 3 rings (SSSR count). The Labute approximate surface area is 115 Å². The molecule has 0 unspecified atom stereocenters. The van der Waals surface area contributed by atoms with Crippen LogP contribution < -0.4 is 10.6 Å². The van der Waals surface area contributed by atoms with Crippen molar-refractivity contribution < 1.29 is 9.32 Å². The molecule has 6 heteroatoms. The van der Waals surface area contributed by atoms with E-state index in [0.717, 1.165) is 11.9 Å². The number of hydrogen-bond acceptors (Lipinski definition) is 3. The summed E-state index contributed by atoms with van der Waals surface area (Å²) >= 11 is 0. The number of aromatic amines is 1. The number of fused-ring (bicyclic) bond motifs is 1. The number of benzene rings is 1. The number of urea groups is 1. The van der Waals surface area contributed by atoms with Gasteiger partial charge >= 0.3 is 6.03 Å². The van der Waals surface area contributed by atoms with Crippen molar-refractivity contribution in [3.05, 3.63) is 48.3 Å². The van der Waals surface area contributed by atoms with E-state index in [1.54, 1.807) is 6.07 Å². The van der Waals surface area contributed by atoms with Gasteiger partial charge in [-0.25, -0.2) is 4.79 Å². The van der Waals surface area contributed by atoms with Gasteiger partial charge in [-0.3, -0.25) is 5.32 Å². The van der Waals surface area contributed by atoms with Crippen molar-refractivity contribution in [1.82, 2.24) is 15.5 Å². The molecular weight excluding hydrogens is 256 g/mol. The molecule has 0 saturated heterocycles. The smallest absolute Gasteiger partial charge is 0.321 e. The van der Waals surface area contributed by atoms with Crippen LogP contribution in [0, 0.1) is 0 Å². The lowest BCUT2D eigenvalue weighted by atomic mass is 10.1. The van der Waals surface area contributed by atoms with Crippen LogP contribution in [0.5, 0.6) is 0 Å². The molecule has 0 aliphatic carbocycles. The molecule has 0 fully saturated rings. The predicted octanol–water partition coefficient (Wildman–Crippen LogP) is 2.52. The van der Waals surface area contributed by atoms with Gasteiger partial charge in [0.1, 0.15) is 0 Å².